The van der Waals surface area contributed by atoms with Gasteiger partial charge in [-0.1, -0.05) is 17.7 Å². The van der Waals surface area contributed by atoms with E-state index < -0.39 is 17.2 Å². The van der Waals surface area contributed by atoms with Crippen molar-refractivity contribution < 1.29 is 4.79 Å². The molecule has 30 heavy (non-hydrogen) atoms. The summed E-state index contributed by atoms with van der Waals surface area (Å²) in [5.41, 5.74) is 2.52. The molecule has 0 radical (unpaired) electrons. The number of anilines is 1. The number of carbonyl (C=O) groups excluding carboxylic acids is 1. The van der Waals surface area contributed by atoms with Gasteiger partial charge in [-0.05, 0) is 61.4 Å². The van der Waals surface area contributed by atoms with E-state index >= 15 is 0 Å². The summed E-state index contributed by atoms with van der Waals surface area (Å²) in [6.07, 6.45) is 1.53. The van der Waals surface area contributed by atoms with Gasteiger partial charge in [0.25, 0.3) is 11.5 Å². The smallest absolute Gasteiger partial charge is 0.333 e. The molecule has 2 N–H and O–H groups in total. The van der Waals surface area contributed by atoms with Crippen molar-refractivity contribution >= 4 is 34.2 Å². The van der Waals surface area contributed by atoms with Gasteiger partial charge in [-0.25, -0.2) is 9.36 Å². The predicted molar refractivity (Wildman–Crippen MR) is 118 cm³/mol. The maximum absolute atomic E-state index is 13.1. The number of benzene rings is 2. The van der Waals surface area contributed by atoms with Crippen LogP contribution < -0.4 is 16.6 Å². The molecule has 2 aromatic carbocycles. The number of aryl methyl sites for hydroxylation is 3. The highest BCUT2D eigenvalue weighted by Gasteiger charge is 2.20. The van der Waals surface area contributed by atoms with Crippen LogP contribution in [0.15, 0.2) is 58.3 Å². The van der Waals surface area contributed by atoms with Crippen molar-refractivity contribution in [1.82, 2.24) is 14.1 Å². The molecule has 152 valence electrons. The van der Waals surface area contributed by atoms with Gasteiger partial charge in [0.1, 0.15) is 5.52 Å². The van der Waals surface area contributed by atoms with Crippen LogP contribution in [-0.2, 0) is 7.05 Å². The van der Waals surface area contributed by atoms with Gasteiger partial charge < -0.3 is 14.9 Å². The van der Waals surface area contributed by atoms with E-state index in [4.69, 9.17) is 11.6 Å². The Morgan fingerprint density at radius 2 is 1.67 bits per heavy atom. The Morgan fingerprint density at radius 3 is 2.30 bits per heavy atom. The van der Waals surface area contributed by atoms with Gasteiger partial charge in [-0.2, -0.15) is 0 Å². The second-order valence-corrected chi connectivity index (χ2v) is 7.69. The van der Waals surface area contributed by atoms with Crippen molar-refractivity contribution in [3.05, 3.63) is 91.2 Å². The SMILES string of the molecule is Cc1cc(C)cc(NC(=O)c2cn(C)c3c(=O)n(-c4ccc(Cl)cc4)c(=O)[nH]c23)c1. The third kappa shape index (κ3) is 3.44. The monoisotopic (exact) mass is 422 g/mol. The number of aromatic amines is 1. The Bertz CT molecular complexity index is 1390. The maximum atomic E-state index is 13.1. The topological polar surface area (TPSA) is 88.9 Å². The molecule has 0 bridgehead atoms. The first-order chi connectivity index (χ1) is 14.2. The van der Waals surface area contributed by atoms with Crippen LogP contribution in [0.1, 0.15) is 21.5 Å². The molecule has 0 aliphatic heterocycles. The van der Waals surface area contributed by atoms with E-state index in [0.29, 0.717) is 16.4 Å². The Kier molecular flexibility index (Phi) is 4.83. The van der Waals surface area contributed by atoms with Crippen LogP contribution in [0.3, 0.4) is 0 Å². The average molecular weight is 423 g/mol. The summed E-state index contributed by atoms with van der Waals surface area (Å²) >= 11 is 5.90. The third-order valence-corrected chi connectivity index (χ3v) is 5.08. The largest absolute Gasteiger partial charge is 0.344 e. The van der Waals surface area contributed by atoms with Crippen LogP contribution >= 0.6 is 11.6 Å². The molecule has 0 fully saturated rings. The molecule has 4 aromatic rings. The average Bonchev–Trinajstić information content (AvgIpc) is 2.99. The molecule has 0 atom stereocenters. The van der Waals surface area contributed by atoms with Crippen LogP contribution in [0.5, 0.6) is 0 Å². The van der Waals surface area contributed by atoms with E-state index in [1.807, 2.05) is 32.0 Å². The van der Waals surface area contributed by atoms with E-state index in [9.17, 15) is 14.4 Å². The van der Waals surface area contributed by atoms with Crippen molar-refractivity contribution in [2.75, 3.05) is 5.32 Å². The van der Waals surface area contributed by atoms with E-state index in [-0.39, 0.29) is 16.6 Å². The normalized spacial score (nSPS) is 11.1. The highest BCUT2D eigenvalue weighted by Crippen LogP contribution is 2.19. The quantitative estimate of drug-likeness (QED) is 0.529. The zero-order valence-electron chi connectivity index (χ0n) is 16.6. The molecule has 1 amide bonds. The lowest BCUT2D eigenvalue weighted by molar-refractivity contribution is 0.102. The summed E-state index contributed by atoms with van der Waals surface area (Å²) in [4.78, 5) is 41.4. The third-order valence-electron chi connectivity index (χ3n) is 4.83. The first-order valence-corrected chi connectivity index (χ1v) is 9.62. The number of hydrogen-bond donors (Lipinski definition) is 2. The van der Waals surface area contributed by atoms with Gasteiger partial charge in [-0.3, -0.25) is 9.59 Å². The molecule has 0 unspecified atom stereocenters. The van der Waals surface area contributed by atoms with Gasteiger partial charge in [-0.15, -0.1) is 0 Å². The van der Waals surface area contributed by atoms with Crippen LogP contribution in [-0.4, -0.2) is 20.0 Å². The number of aromatic nitrogens is 3. The van der Waals surface area contributed by atoms with Gasteiger partial charge in [0.15, 0.2) is 0 Å². The van der Waals surface area contributed by atoms with E-state index in [0.717, 1.165) is 15.7 Å². The van der Waals surface area contributed by atoms with Gasteiger partial charge in [0.05, 0.1) is 16.8 Å². The van der Waals surface area contributed by atoms with Gasteiger partial charge in [0, 0.05) is 24.0 Å². The molecule has 0 saturated heterocycles. The van der Waals surface area contributed by atoms with E-state index in [2.05, 4.69) is 10.3 Å². The molecule has 2 aromatic heterocycles. The van der Waals surface area contributed by atoms with Crippen LogP contribution in [0.4, 0.5) is 5.69 Å². The second kappa shape index (κ2) is 7.35. The Balaban J connectivity index is 1.83. The summed E-state index contributed by atoms with van der Waals surface area (Å²) in [6.45, 7) is 3.88. The summed E-state index contributed by atoms with van der Waals surface area (Å²) in [5, 5.41) is 3.33. The van der Waals surface area contributed by atoms with E-state index in [1.165, 1.54) is 10.8 Å². The minimum atomic E-state index is -0.638. The number of halogens is 1. The molecule has 0 aliphatic rings. The molecule has 2 heterocycles. The summed E-state index contributed by atoms with van der Waals surface area (Å²) in [6, 6.07) is 12.1. The molecule has 7 nitrogen and oxygen atoms in total. The molecule has 0 aliphatic carbocycles. The highest BCUT2D eigenvalue weighted by molar-refractivity contribution is 6.30. The summed E-state index contributed by atoms with van der Waals surface area (Å²) in [5.74, 6) is -0.412. The fourth-order valence-electron chi connectivity index (χ4n) is 3.61. The van der Waals surface area contributed by atoms with Crippen LogP contribution in [0.25, 0.3) is 16.7 Å². The van der Waals surface area contributed by atoms with Crippen molar-refractivity contribution in [1.29, 1.82) is 0 Å². The highest BCUT2D eigenvalue weighted by atomic mass is 35.5. The predicted octanol–water partition coefficient (Wildman–Crippen LogP) is 3.54. The Morgan fingerprint density at radius 1 is 1.03 bits per heavy atom. The number of nitrogens with one attached hydrogen (secondary N) is 2. The molecule has 0 saturated carbocycles. The number of H-pyrrole nitrogens is 1. The first-order valence-electron chi connectivity index (χ1n) is 9.24. The van der Waals surface area contributed by atoms with Crippen LogP contribution in [0.2, 0.25) is 5.02 Å². The Labute approximate surface area is 176 Å². The number of carbonyl (C=O) groups is 1. The maximum Gasteiger partial charge on any atom is 0.333 e. The van der Waals surface area contributed by atoms with Crippen molar-refractivity contribution in [2.45, 2.75) is 13.8 Å². The first kappa shape index (κ1) is 19.7. The Hall–Kier alpha value is -3.58. The minimum Gasteiger partial charge on any atom is -0.344 e. The lowest BCUT2D eigenvalue weighted by atomic mass is 10.1. The lowest BCUT2D eigenvalue weighted by Gasteiger charge is -2.08. The molecule has 0 spiro atoms. The van der Waals surface area contributed by atoms with E-state index in [1.54, 1.807) is 31.3 Å². The number of hydrogen-bond acceptors (Lipinski definition) is 3. The second-order valence-electron chi connectivity index (χ2n) is 7.25. The molecule has 8 heteroatoms. The lowest BCUT2D eigenvalue weighted by Crippen LogP contribution is -2.34. The van der Waals surface area contributed by atoms with Crippen molar-refractivity contribution in [3.8, 4) is 5.69 Å². The standard InChI is InChI=1S/C22H19ClN4O3/c1-12-8-13(2)10-15(9-12)24-20(28)17-11-26(3)19-18(17)25-22(30)27(21(19)29)16-6-4-14(23)5-7-16/h4-11H,1-3H3,(H,24,28)(H,25,30). The van der Waals surface area contributed by atoms with Gasteiger partial charge >= 0.3 is 5.69 Å². The van der Waals surface area contributed by atoms with Crippen molar-refractivity contribution in [2.24, 2.45) is 7.05 Å². The molecular weight excluding hydrogens is 404 g/mol. The zero-order valence-corrected chi connectivity index (χ0v) is 17.4. The summed E-state index contributed by atoms with van der Waals surface area (Å²) < 4.78 is 2.56. The molecule has 4 rings (SSSR count). The van der Waals surface area contributed by atoms with Crippen LogP contribution in [0, 0.1) is 13.8 Å². The number of nitrogens with zero attached hydrogens (tertiary/aromatic N) is 2. The zero-order chi connectivity index (χ0) is 21.6. The number of rotatable bonds is 3. The number of fused-ring (bicyclic) bond motifs is 1. The van der Waals surface area contributed by atoms with Gasteiger partial charge in [0.2, 0.25) is 0 Å². The fourth-order valence-corrected chi connectivity index (χ4v) is 3.74. The van der Waals surface area contributed by atoms with Crippen molar-refractivity contribution in [3.63, 3.8) is 0 Å². The number of amides is 1. The minimum absolute atomic E-state index is 0.194. The molecular formula is C22H19ClN4O3. The fraction of sp³-hybridized carbons (Fsp3) is 0.136. The summed E-state index contributed by atoms with van der Waals surface area (Å²) in [7, 11) is 1.65.